The zero-order chi connectivity index (χ0) is 23.2. The van der Waals surface area contributed by atoms with Gasteiger partial charge in [0, 0.05) is 16.1 Å². The van der Waals surface area contributed by atoms with Crippen LogP contribution in [0.2, 0.25) is 10.0 Å². The van der Waals surface area contributed by atoms with Crippen LogP contribution in [0.25, 0.3) is 5.69 Å². The zero-order valence-corrected chi connectivity index (χ0v) is 19.0. The van der Waals surface area contributed by atoms with Crippen LogP contribution < -0.4 is 10.2 Å². The highest BCUT2D eigenvalue weighted by Gasteiger charge is 2.12. The van der Waals surface area contributed by atoms with E-state index in [1.807, 2.05) is 36.4 Å². The molecule has 33 heavy (non-hydrogen) atoms. The number of aromatic nitrogens is 4. The van der Waals surface area contributed by atoms with Crippen molar-refractivity contribution in [2.24, 2.45) is 5.10 Å². The summed E-state index contributed by atoms with van der Waals surface area (Å²) < 4.78 is 7.33. The summed E-state index contributed by atoms with van der Waals surface area (Å²) >= 11 is 12.1. The lowest BCUT2D eigenvalue weighted by molar-refractivity contribution is 0.0952. The quantitative estimate of drug-likeness (QED) is 0.305. The van der Waals surface area contributed by atoms with E-state index in [9.17, 15) is 4.79 Å². The van der Waals surface area contributed by atoms with Crippen LogP contribution in [0.1, 0.15) is 28.4 Å². The fourth-order valence-corrected chi connectivity index (χ4v) is 3.49. The molecule has 1 heterocycles. The van der Waals surface area contributed by atoms with Crippen molar-refractivity contribution in [1.82, 2.24) is 25.6 Å². The van der Waals surface area contributed by atoms with Gasteiger partial charge in [0.25, 0.3) is 5.91 Å². The molecule has 4 aromatic rings. The van der Waals surface area contributed by atoms with Crippen LogP contribution in [0, 0.1) is 0 Å². The van der Waals surface area contributed by atoms with Gasteiger partial charge >= 0.3 is 0 Å². The van der Waals surface area contributed by atoms with E-state index in [1.165, 1.54) is 6.33 Å². The first-order valence-electron chi connectivity index (χ1n) is 9.85. The molecule has 0 atom stereocenters. The van der Waals surface area contributed by atoms with Gasteiger partial charge in [0.1, 0.15) is 18.7 Å². The fourth-order valence-electron chi connectivity index (χ4n) is 3.03. The number of hydrazone groups is 1. The third-order valence-corrected chi connectivity index (χ3v) is 5.27. The monoisotopic (exact) mass is 480 g/mol. The summed E-state index contributed by atoms with van der Waals surface area (Å²) in [6.45, 7) is 1.96. The molecule has 0 saturated carbocycles. The number of carbonyl (C=O) groups excluding carboxylic acids is 1. The van der Waals surface area contributed by atoms with E-state index in [-0.39, 0.29) is 12.5 Å². The normalized spacial score (nSPS) is 11.3. The van der Waals surface area contributed by atoms with Gasteiger partial charge in [0.2, 0.25) is 0 Å². The Hall–Kier alpha value is -3.75. The number of tetrazole rings is 1. The molecule has 1 aromatic heterocycles. The van der Waals surface area contributed by atoms with Crippen molar-refractivity contribution in [3.8, 4) is 11.4 Å². The lowest BCUT2D eigenvalue weighted by atomic mass is 10.1. The molecular formula is C23H18Cl2N6O2. The molecule has 0 aliphatic carbocycles. The van der Waals surface area contributed by atoms with Crippen molar-refractivity contribution in [2.45, 2.75) is 13.5 Å². The first kappa shape index (κ1) is 22.4. The van der Waals surface area contributed by atoms with E-state index >= 15 is 0 Å². The van der Waals surface area contributed by atoms with Gasteiger partial charge in [-0.25, -0.2) is 10.1 Å². The van der Waals surface area contributed by atoms with Crippen molar-refractivity contribution < 1.29 is 9.53 Å². The molecule has 1 amide bonds. The topological polar surface area (TPSA) is 94.3 Å². The number of amides is 1. The van der Waals surface area contributed by atoms with Crippen molar-refractivity contribution in [2.75, 3.05) is 0 Å². The highest BCUT2D eigenvalue weighted by atomic mass is 35.5. The van der Waals surface area contributed by atoms with Gasteiger partial charge in [0.15, 0.2) is 0 Å². The number of nitrogens with one attached hydrogen (secondary N) is 1. The number of ether oxygens (including phenoxy) is 1. The highest BCUT2D eigenvalue weighted by Crippen LogP contribution is 2.28. The molecule has 1 N–H and O–H groups in total. The zero-order valence-electron chi connectivity index (χ0n) is 17.4. The van der Waals surface area contributed by atoms with Crippen LogP contribution in [-0.2, 0) is 6.61 Å². The predicted molar refractivity (Wildman–Crippen MR) is 126 cm³/mol. The summed E-state index contributed by atoms with van der Waals surface area (Å²) in [6, 6.07) is 19.6. The molecule has 0 spiro atoms. The third kappa shape index (κ3) is 5.54. The molecular weight excluding hydrogens is 463 g/mol. The van der Waals surface area contributed by atoms with Crippen LogP contribution >= 0.6 is 23.2 Å². The third-order valence-electron chi connectivity index (χ3n) is 4.74. The average molecular weight is 481 g/mol. The maximum absolute atomic E-state index is 12.8. The van der Waals surface area contributed by atoms with Crippen molar-refractivity contribution in [3.63, 3.8) is 0 Å². The van der Waals surface area contributed by atoms with E-state index in [0.29, 0.717) is 32.6 Å². The maximum Gasteiger partial charge on any atom is 0.271 e. The summed E-state index contributed by atoms with van der Waals surface area (Å²) in [7, 11) is 0. The van der Waals surface area contributed by atoms with Crippen molar-refractivity contribution in [1.29, 1.82) is 0 Å². The molecule has 8 nitrogen and oxygen atoms in total. The van der Waals surface area contributed by atoms with E-state index < -0.39 is 0 Å². The molecule has 0 radical (unpaired) electrons. The van der Waals surface area contributed by atoms with Gasteiger partial charge in [0.05, 0.1) is 16.4 Å². The number of benzene rings is 3. The van der Waals surface area contributed by atoms with E-state index in [4.69, 9.17) is 27.9 Å². The minimum absolute atomic E-state index is 0.154. The summed E-state index contributed by atoms with van der Waals surface area (Å²) in [5.74, 6) is 0.125. The average Bonchev–Trinajstić information content (AvgIpc) is 3.37. The minimum atomic E-state index is -0.354. The summed E-state index contributed by atoms with van der Waals surface area (Å²) in [5, 5.41) is 16.3. The Morgan fingerprint density at radius 2 is 1.94 bits per heavy atom. The number of rotatable bonds is 7. The van der Waals surface area contributed by atoms with E-state index in [1.54, 1.807) is 41.9 Å². The fraction of sp³-hybridized carbons (Fsp3) is 0.0870. The first-order valence-corrected chi connectivity index (χ1v) is 10.6. The van der Waals surface area contributed by atoms with Crippen molar-refractivity contribution in [3.05, 3.63) is 99.8 Å². The smallest absolute Gasteiger partial charge is 0.271 e. The number of halogens is 2. The Kier molecular flexibility index (Phi) is 6.97. The van der Waals surface area contributed by atoms with Gasteiger partial charge in [-0.15, -0.1) is 5.10 Å². The Labute approximate surface area is 199 Å². The van der Waals surface area contributed by atoms with Gasteiger partial charge in [-0.3, -0.25) is 4.79 Å². The molecule has 0 aliphatic heterocycles. The van der Waals surface area contributed by atoms with Crippen LogP contribution in [0.3, 0.4) is 0 Å². The molecule has 0 aliphatic rings. The SMILES string of the molecule is CC(=NNC(=O)c1ccccc1COc1ccc(Cl)cc1Cl)c1cccc(-n2cnnn2)c1. The highest BCUT2D eigenvalue weighted by molar-refractivity contribution is 6.35. The van der Waals surface area contributed by atoms with Gasteiger partial charge in [-0.2, -0.15) is 5.10 Å². The lowest BCUT2D eigenvalue weighted by Gasteiger charge is -2.12. The Bertz CT molecular complexity index is 1310. The number of carbonyl (C=O) groups is 1. The van der Waals surface area contributed by atoms with Crippen LogP contribution in [0.4, 0.5) is 0 Å². The van der Waals surface area contributed by atoms with Gasteiger partial charge in [-0.05, 0) is 59.3 Å². The Morgan fingerprint density at radius 1 is 1.09 bits per heavy atom. The second kappa shape index (κ2) is 10.2. The number of hydrogen-bond acceptors (Lipinski definition) is 6. The van der Waals surface area contributed by atoms with E-state index in [2.05, 4.69) is 26.1 Å². The number of hydrogen-bond donors (Lipinski definition) is 1. The van der Waals surface area contributed by atoms with Gasteiger partial charge < -0.3 is 4.74 Å². The lowest BCUT2D eigenvalue weighted by Crippen LogP contribution is -2.21. The molecule has 0 bridgehead atoms. The van der Waals surface area contributed by atoms with Crippen LogP contribution in [0.15, 0.2) is 78.2 Å². The summed E-state index contributed by atoms with van der Waals surface area (Å²) in [4.78, 5) is 12.8. The summed E-state index contributed by atoms with van der Waals surface area (Å²) in [6.07, 6.45) is 1.50. The van der Waals surface area contributed by atoms with Crippen LogP contribution in [0.5, 0.6) is 5.75 Å². The molecule has 10 heteroatoms. The molecule has 0 fully saturated rings. The summed E-state index contributed by atoms with van der Waals surface area (Å²) in [5.41, 5.74) is 5.97. The minimum Gasteiger partial charge on any atom is -0.487 e. The van der Waals surface area contributed by atoms with Crippen molar-refractivity contribution >= 4 is 34.8 Å². The maximum atomic E-state index is 12.8. The van der Waals surface area contributed by atoms with E-state index in [0.717, 1.165) is 11.3 Å². The second-order valence-corrected chi connectivity index (χ2v) is 7.81. The molecule has 0 unspecified atom stereocenters. The molecule has 0 saturated heterocycles. The predicted octanol–water partition coefficient (Wildman–Crippen LogP) is 4.70. The molecule has 4 rings (SSSR count). The first-order chi connectivity index (χ1) is 16.0. The second-order valence-electron chi connectivity index (χ2n) is 6.96. The molecule has 3 aromatic carbocycles. The van der Waals surface area contributed by atoms with Crippen LogP contribution in [-0.4, -0.2) is 31.8 Å². The van der Waals surface area contributed by atoms with Gasteiger partial charge in [-0.1, -0.05) is 53.5 Å². The Balaban J connectivity index is 1.46. The standard InChI is InChI=1S/C23H18Cl2N6O2/c1-15(16-6-4-7-19(11-16)31-14-26-29-30-31)27-28-23(32)20-8-3-2-5-17(20)13-33-22-10-9-18(24)12-21(22)25/h2-12,14H,13H2,1H3,(H,28,32). The number of nitrogens with zero attached hydrogens (tertiary/aromatic N) is 5. The molecule has 166 valence electrons. The Morgan fingerprint density at radius 3 is 2.73 bits per heavy atom. The largest absolute Gasteiger partial charge is 0.487 e.